The molecule has 1 aromatic carbocycles. The third kappa shape index (κ3) is 2.01. The summed E-state index contributed by atoms with van der Waals surface area (Å²) < 4.78 is 0.789. The van der Waals surface area contributed by atoms with Crippen LogP contribution in [-0.2, 0) is 0 Å². The van der Waals surface area contributed by atoms with Gasteiger partial charge in [-0.25, -0.2) is 5.43 Å². The Morgan fingerprint density at radius 2 is 2.22 bits per heavy atom. The van der Waals surface area contributed by atoms with E-state index in [0.717, 1.165) is 23.0 Å². The van der Waals surface area contributed by atoms with Crippen molar-refractivity contribution in [3.63, 3.8) is 0 Å². The fraction of sp³-hybridized carbons (Fsp3) is 0.286. The molecule has 0 saturated heterocycles. The van der Waals surface area contributed by atoms with Crippen LogP contribution in [0.1, 0.15) is 23.2 Å². The van der Waals surface area contributed by atoms with Gasteiger partial charge in [0.2, 0.25) is 0 Å². The quantitative estimate of drug-likeness (QED) is 0.662. The van der Waals surface area contributed by atoms with Crippen molar-refractivity contribution in [1.29, 1.82) is 0 Å². The van der Waals surface area contributed by atoms with Crippen molar-refractivity contribution in [2.24, 2.45) is 16.9 Å². The number of fused-ring (bicyclic) bond motifs is 1. The Bertz CT molecular complexity index is 550. The molecule has 2 aliphatic rings. The second-order valence-corrected chi connectivity index (χ2v) is 5.52. The van der Waals surface area contributed by atoms with Crippen LogP contribution >= 0.6 is 15.9 Å². The molecule has 2 aliphatic carbocycles. The zero-order valence-corrected chi connectivity index (χ0v) is 11.4. The van der Waals surface area contributed by atoms with Gasteiger partial charge in [-0.15, -0.1) is 0 Å². The van der Waals surface area contributed by atoms with Gasteiger partial charge < -0.3 is 0 Å². The van der Waals surface area contributed by atoms with Crippen molar-refractivity contribution in [2.75, 3.05) is 0 Å². The van der Waals surface area contributed by atoms with E-state index in [1.165, 1.54) is 0 Å². The number of hydrazone groups is 1. The third-order valence-corrected chi connectivity index (χ3v) is 4.27. The first-order valence-corrected chi connectivity index (χ1v) is 6.83. The predicted molar refractivity (Wildman–Crippen MR) is 74.4 cm³/mol. The van der Waals surface area contributed by atoms with Crippen molar-refractivity contribution >= 4 is 27.5 Å². The summed E-state index contributed by atoms with van der Waals surface area (Å²) in [6, 6.07) is 7.35. The molecule has 18 heavy (non-hydrogen) atoms. The zero-order valence-electron chi connectivity index (χ0n) is 9.77. The van der Waals surface area contributed by atoms with E-state index >= 15 is 0 Å². The molecule has 1 aromatic rings. The molecule has 0 aliphatic heterocycles. The molecule has 0 radical (unpaired) electrons. The van der Waals surface area contributed by atoms with Crippen LogP contribution < -0.4 is 5.43 Å². The summed E-state index contributed by atoms with van der Waals surface area (Å²) in [5.41, 5.74) is 4.37. The molecule has 4 heteroatoms. The van der Waals surface area contributed by atoms with Gasteiger partial charge in [-0.2, -0.15) is 5.10 Å². The highest BCUT2D eigenvalue weighted by Crippen LogP contribution is 2.40. The highest BCUT2D eigenvalue weighted by molar-refractivity contribution is 9.10. The zero-order chi connectivity index (χ0) is 12.5. The molecule has 2 atom stereocenters. The van der Waals surface area contributed by atoms with Gasteiger partial charge in [-0.3, -0.25) is 4.79 Å². The van der Waals surface area contributed by atoms with Gasteiger partial charge in [0, 0.05) is 16.1 Å². The van der Waals surface area contributed by atoms with Crippen LogP contribution in [0.2, 0.25) is 0 Å². The van der Waals surface area contributed by atoms with Crippen molar-refractivity contribution < 1.29 is 4.79 Å². The second kappa shape index (κ2) is 4.69. The number of amides is 1. The lowest BCUT2D eigenvalue weighted by atomic mass is 9.74. The second-order valence-electron chi connectivity index (χ2n) is 4.66. The highest BCUT2D eigenvalue weighted by atomic mass is 79.9. The Balaban J connectivity index is 1.66. The molecule has 1 saturated carbocycles. The minimum absolute atomic E-state index is 0.163. The number of carbonyl (C=O) groups is 1. The lowest BCUT2D eigenvalue weighted by Gasteiger charge is -2.31. The first-order chi connectivity index (χ1) is 8.75. The fourth-order valence-corrected chi connectivity index (χ4v) is 2.96. The van der Waals surface area contributed by atoms with Crippen molar-refractivity contribution in [2.45, 2.75) is 12.8 Å². The lowest BCUT2D eigenvalue weighted by molar-refractivity contribution is 0.0953. The summed E-state index contributed by atoms with van der Waals surface area (Å²) in [5.74, 6) is 1.03. The maximum absolute atomic E-state index is 11.9. The van der Waals surface area contributed by atoms with Crippen LogP contribution in [0, 0.1) is 11.8 Å². The van der Waals surface area contributed by atoms with Gasteiger partial charge in [0.05, 0.1) is 5.56 Å². The molecular weight excluding hydrogens is 292 g/mol. The summed E-state index contributed by atoms with van der Waals surface area (Å²) in [6.07, 6.45) is 6.50. The number of hydrogen-bond donors (Lipinski definition) is 1. The van der Waals surface area contributed by atoms with E-state index in [9.17, 15) is 4.79 Å². The van der Waals surface area contributed by atoms with E-state index in [4.69, 9.17) is 0 Å². The molecular formula is C14H13BrN2O. The number of benzene rings is 1. The SMILES string of the molecule is O=C(N/N=C1/C[C@H]2C=CC[C@@H]12)c1ccccc1Br. The molecule has 0 aromatic heterocycles. The van der Waals surface area contributed by atoms with E-state index in [0.29, 0.717) is 17.4 Å². The normalized spacial score (nSPS) is 26.8. The minimum Gasteiger partial charge on any atom is -0.267 e. The summed E-state index contributed by atoms with van der Waals surface area (Å²) in [6.45, 7) is 0. The van der Waals surface area contributed by atoms with E-state index in [1.807, 2.05) is 18.2 Å². The van der Waals surface area contributed by atoms with Crippen molar-refractivity contribution in [3.8, 4) is 0 Å². The average Bonchev–Trinajstić information content (AvgIpc) is 2.71. The van der Waals surface area contributed by atoms with Crippen molar-refractivity contribution in [1.82, 2.24) is 5.43 Å². The number of allylic oxidation sites excluding steroid dienone is 2. The Kier molecular flexibility index (Phi) is 3.04. The molecule has 3 nitrogen and oxygen atoms in total. The van der Waals surface area contributed by atoms with Crippen LogP contribution in [0.4, 0.5) is 0 Å². The molecule has 1 fully saturated rings. The summed E-state index contributed by atoms with van der Waals surface area (Å²) in [7, 11) is 0. The maximum atomic E-state index is 11.9. The monoisotopic (exact) mass is 304 g/mol. The van der Waals surface area contributed by atoms with Gasteiger partial charge >= 0.3 is 0 Å². The molecule has 3 rings (SSSR count). The Morgan fingerprint density at radius 1 is 1.39 bits per heavy atom. The first kappa shape index (κ1) is 11.7. The molecule has 0 bridgehead atoms. The first-order valence-electron chi connectivity index (χ1n) is 6.03. The lowest BCUT2D eigenvalue weighted by Crippen LogP contribution is -2.35. The topological polar surface area (TPSA) is 41.5 Å². The van der Waals surface area contributed by atoms with E-state index < -0.39 is 0 Å². The molecule has 1 amide bonds. The molecule has 0 heterocycles. The molecule has 92 valence electrons. The van der Waals surface area contributed by atoms with Crippen LogP contribution in [0.25, 0.3) is 0 Å². The van der Waals surface area contributed by atoms with E-state index in [2.05, 4.69) is 38.6 Å². The summed E-state index contributed by atoms with van der Waals surface area (Å²) in [5, 5.41) is 4.25. The highest BCUT2D eigenvalue weighted by Gasteiger charge is 2.38. The average molecular weight is 305 g/mol. The van der Waals surface area contributed by atoms with Gasteiger partial charge in [0.1, 0.15) is 0 Å². The van der Waals surface area contributed by atoms with Crippen LogP contribution in [0.3, 0.4) is 0 Å². The standard InChI is InChI=1S/C14H13BrN2O/c15-12-7-2-1-5-11(12)14(18)17-16-13-8-9-4-3-6-10(9)13/h1-5,7,9-10H,6,8H2,(H,17,18)/b16-13-/t9-,10-/m1/s1. The van der Waals surface area contributed by atoms with E-state index in [1.54, 1.807) is 6.07 Å². The van der Waals surface area contributed by atoms with E-state index in [-0.39, 0.29) is 5.91 Å². The van der Waals surface area contributed by atoms with Crippen LogP contribution in [0.5, 0.6) is 0 Å². The van der Waals surface area contributed by atoms with Crippen molar-refractivity contribution in [3.05, 3.63) is 46.5 Å². The minimum atomic E-state index is -0.163. The number of rotatable bonds is 2. The number of halogens is 1. The summed E-state index contributed by atoms with van der Waals surface area (Å²) >= 11 is 3.36. The van der Waals surface area contributed by atoms with Gasteiger partial charge in [-0.05, 0) is 46.8 Å². The van der Waals surface area contributed by atoms with Crippen LogP contribution in [-0.4, -0.2) is 11.6 Å². The molecule has 0 unspecified atom stereocenters. The number of nitrogens with zero attached hydrogens (tertiary/aromatic N) is 1. The molecule has 1 N–H and O–H groups in total. The predicted octanol–water partition coefficient (Wildman–Crippen LogP) is 3.13. The largest absolute Gasteiger partial charge is 0.272 e. The number of carbonyl (C=O) groups excluding carboxylic acids is 1. The third-order valence-electron chi connectivity index (χ3n) is 3.58. The fourth-order valence-electron chi connectivity index (χ4n) is 2.49. The van der Waals surface area contributed by atoms with Gasteiger partial charge in [-0.1, -0.05) is 24.3 Å². The molecule has 0 spiro atoms. The Hall–Kier alpha value is -1.42. The van der Waals surface area contributed by atoms with Gasteiger partial charge in [0.15, 0.2) is 0 Å². The van der Waals surface area contributed by atoms with Crippen LogP contribution in [0.15, 0.2) is 46.0 Å². The Morgan fingerprint density at radius 3 is 3.00 bits per heavy atom. The number of hydrogen-bond acceptors (Lipinski definition) is 2. The smallest absolute Gasteiger partial charge is 0.267 e. The number of nitrogens with one attached hydrogen (secondary N) is 1. The van der Waals surface area contributed by atoms with Gasteiger partial charge in [0.25, 0.3) is 5.91 Å². The Labute approximate surface area is 114 Å². The summed E-state index contributed by atoms with van der Waals surface area (Å²) in [4.78, 5) is 11.9. The maximum Gasteiger partial charge on any atom is 0.272 e.